The van der Waals surface area contributed by atoms with Gasteiger partial charge in [0.05, 0.1) is 24.3 Å². The molecule has 5 aliphatic carbocycles. The Morgan fingerprint density at radius 1 is 0.759 bits per heavy atom. The molecule has 0 N–H and O–H groups in total. The summed E-state index contributed by atoms with van der Waals surface area (Å²) in [7, 11) is 0. The lowest BCUT2D eigenvalue weighted by atomic mass is 9.53. The zero-order valence-corrected chi connectivity index (χ0v) is 17.8. The number of hydrogen-bond donors (Lipinski definition) is 0. The summed E-state index contributed by atoms with van der Waals surface area (Å²) in [5.74, 6) is 2.99. The van der Waals surface area contributed by atoms with Crippen LogP contribution in [0.15, 0.2) is 23.3 Å². The summed E-state index contributed by atoms with van der Waals surface area (Å²) in [5.41, 5.74) is 2.79. The van der Waals surface area contributed by atoms with E-state index in [1.165, 1.54) is 47.7 Å². The van der Waals surface area contributed by atoms with Crippen molar-refractivity contribution in [1.29, 1.82) is 0 Å². The topological polar surface area (TPSA) is 59.1 Å². The van der Waals surface area contributed by atoms with Gasteiger partial charge in [0.1, 0.15) is 0 Å². The van der Waals surface area contributed by atoms with Crippen LogP contribution in [0.25, 0.3) is 0 Å². The monoisotopic (exact) mass is 400 g/mol. The van der Waals surface area contributed by atoms with Crippen LogP contribution >= 0.6 is 0 Å². The van der Waals surface area contributed by atoms with Crippen LogP contribution in [0.5, 0.6) is 0 Å². The van der Waals surface area contributed by atoms with Crippen molar-refractivity contribution in [3.8, 4) is 0 Å². The van der Waals surface area contributed by atoms with Crippen molar-refractivity contribution < 1.29 is 19.1 Å². The molecule has 5 fully saturated rings. The minimum absolute atomic E-state index is 0.224. The lowest BCUT2D eigenvalue weighted by Gasteiger charge is -2.52. The van der Waals surface area contributed by atoms with Crippen molar-refractivity contribution in [3.63, 3.8) is 0 Å². The minimum Gasteiger partial charge on any atom is -0.445 e. The van der Waals surface area contributed by atoms with Crippen LogP contribution in [0.4, 0.5) is 9.59 Å². The van der Waals surface area contributed by atoms with Gasteiger partial charge in [-0.3, -0.25) is 0 Å². The second kappa shape index (κ2) is 6.78. The van der Waals surface area contributed by atoms with E-state index in [4.69, 9.17) is 9.47 Å². The SMILES string of the molecule is CC(C)OC(=O)N1C2C=CC(C2=C2C3CC4CC(C3)CC2C4)N1C(=O)OC(C)C. The number of hydrazine groups is 1. The first-order chi connectivity index (χ1) is 13.8. The summed E-state index contributed by atoms with van der Waals surface area (Å²) in [6, 6.07) is -0.447. The maximum Gasteiger partial charge on any atom is 0.430 e. The average Bonchev–Trinajstić information content (AvgIpc) is 3.15. The van der Waals surface area contributed by atoms with E-state index in [-0.39, 0.29) is 24.3 Å². The van der Waals surface area contributed by atoms with Gasteiger partial charge < -0.3 is 9.47 Å². The Bertz CT molecular complexity index is 714. The van der Waals surface area contributed by atoms with E-state index >= 15 is 0 Å². The molecule has 0 aromatic rings. The molecule has 1 saturated heterocycles. The van der Waals surface area contributed by atoms with Gasteiger partial charge >= 0.3 is 12.2 Å². The Kier molecular flexibility index (Phi) is 4.44. The normalized spacial score (nSPS) is 36.8. The number of hydrogen-bond acceptors (Lipinski definition) is 4. The molecule has 29 heavy (non-hydrogen) atoms. The van der Waals surface area contributed by atoms with Gasteiger partial charge in [0.25, 0.3) is 0 Å². The Labute approximate surface area is 172 Å². The molecule has 6 rings (SSSR count). The van der Waals surface area contributed by atoms with Gasteiger partial charge in [-0.05, 0) is 89.0 Å². The highest BCUT2D eigenvalue weighted by atomic mass is 16.6. The highest BCUT2D eigenvalue weighted by Gasteiger charge is 2.56. The highest BCUT2D eigenvalue weighted by molar-refractivity contribution is 5.79. The van der Waals surface area contributed by atoms with Crippen LogP contribution in [-0.2, 0) is 9.47 Å². The second-order valence-corrected chi connectivity index (χ2v) is 10.0. The van der Waals surface area contributed by atoms with E-state index in [9.17, 15) is 9.59 Å². The summed E-state index contributed by atoms with van der Waals surface area (Å²) in [6.45, 7) is 7.32. The summed E-state index contributed by atoms with van der Waals surface area (Å²) in [6.07, 6.45) is 9.21. The fourth-order valence-electron chi connectivity index (χ4n) is 6.71. The van der Waals surface area contributed by atoms with Crippen LogP contribution in [-0.4, -0.2) is 46.5 Å². The number of nitrogens with zero attached hydrogens (tertiary/aromatic N) is 2. The van der Waals surface area contributed by atoms with Gasteiger partial charge in [-0.1, -0.05) is 17.7 Å². The molecule has 0 spiro atoms. The maximum atomic E-state index is 13.0. The third-order valence-corrected chi connectivity index (χ3v) is 7.27. The van der Waals surface area contributed by atoms with E-state index in [1.54, 1.807) is 5.57 Å². The molecule has 6 nitrogen and oxygen atoms in total. The Hall–Kier alpha value is -1.98. The molecule has 6 aliphatic rings. The number of carbonyl (C=O) groups excluding carboxylic acids is 2. The van der Waals surface area contributed by atoms with E-state index in [0.29, 0.717) is 11.8 Å². The third-order valence-electron chi connectivity index (χ3n) is 7.27. The van der Waals surface area contributed by atoms with Crippen LogP contribution in [0.2, 0.25) is 0 Å². The second-order valence-electron chi connectivity index (χ2n) is 10.0. The van der Waals surface area contributed by atoms with Crippen molar-refractivity contribution >= 4 is 12.2 Å². The smallest absolute Gasteiger partial charge is 0.430 e. The zero-order chi connectivity index (χ0) is 20.4. The molecule has 4 saturated carbocycles. The standard InChI is InChI=1S/C23H32N2O4/c1-12(2)28-22(26)24-18-5-6-19(25(24)23(27)29-13(3)4)21(18)20-16-8-14-7-15(10-16)11-17(20)9-14/h5-6,12-19H,7-11H2,1-4H3. The van der Waals surface area contributed by atoms with E-state index in [1.807, 2.05) is 27.7 Å². The molecule has 2 amide bonds. The van der Waals surface area contributed by atoms with E-state index < -0.39 is 12.2 Å². The predicted octanol–water partition coefficient (Wildman–Crippen LogP) is 4.67. The molecule has 0 aromatic heterocycles. The molecule has 0 radical (unpaired) electrons. The van der Waals surface area contributed by atoms with Gasteiger partial charge in [0.15, 0.2) is 0 Å². The maximum absolute atomic E-state index is 13.0. The van der Waals surface area contributed by atoms with E-state index in [2.05, 4.69) is 12.2 Å². The molecule has 6 bridgehead atoms. The molecule has 2 unspecified atom stereocenters. The van der Waals surface area contributed by atoms with Crippen LogP contribution in [0.3, 0.4) is 0 Å². The molecular formula is C23H32N2O4. The van der Waals surface area contributed by atoms with Gasteiger partial charge in [-0.2, -0.15) is 0 Å². The summed E-state index contributed by atoms with van der Waals surface area (Å²) < 4.78 is 11.0. The lowest BCUT2D eigenvalue weighted by molar-refractivity contribution is -0.0296. The molecule has 158 valence electrons. The molecule has 1 heterocycles. The van der Waals surface area contributed by atoms with Crippen molar-refractivity contribution in [2.75, 3.05) is 0 Å². The van der Waals surface area contributed by atoms with Crippen molar-refractivity contribution in [1.82, 2.24) is 10.0 Å². The fraction of sp³-hybridized carbons (Fsp3) is 0.739. The number of fused-ring (bicyclic) bond motifs is 2. The van der Waals surface area contributed by atoms with Gasteiger partial charge in [-0.25, -0.2) is 19.6 Å². The third kappa shape index (κ3) is 2.98. The number of ether oxygens (including phenoxy) is 2. The number of carbonyl (C=O) groups is 2. The summed E-state index contributed by atoms with van der Waals surface area (Å²) >= 11 is 0. The van der Waals surface area contributed by atoms with Crippen molar-refractivity contribution in [2.24, 2.45) is 23.7 Å². The van der Waals surface area contributed by atoms with Crippen molar-refractivity contribution in [3.05, 3.63) is 23.3 Å². The summed E-state index contributed by atoms with van der Waals surface area (Å²) in [5, 5.41) is 3.01. The number of allylic oxidation sites excluding steroid dienone is 1. The Morgan fingerprint density at radius 2 is 1.17 bits per heavy atom. The van der Waals surface area contributed by atoms with Crippen LogP contribution in [0, 0.1) is 23.7 Å². The average molecular weight is 401 g/mol. The molecular weight excluding hydrogens is 368 g/mol. The van der Waals surface area contributed by atoms with Gasteiger partial charge in [-0.15, -0.1) is 0 Å². The first-order valence-corrected chi connectivity index (χ1v) is 11.2. The molecule has 0 aromatic carbocycles. The summed E-state index contributed by atoms with van der Waals surface area (Å²) in [4.78, 5) is 26.0. The molecule has 2 atom stereocenters. The number of rotatable bonds is 2. The van der Waals surface area contributed by atoms with Gasteiger partial charge in [0.2, 0.25) is 0 Å². The van der Waals surface area contributed by atoms with E-state index in [0.717, 1.165) is 11.8 Å². The largest absolute Gasteiger partial charge is 0.445 e. The zero-order valence-electron chi connectivity index (χ0n) is 17.8. The Balaban J connectivity index is 1.53. The fourth-order valence-corrected chi connectivity index (χ4v) is 6.71. The molecule has 1 aliphatic heterocycles. The van der Waals surface area contributed by atoms with Crippen LogP contribution in [0.1, 0.15) is 59.8 Å². The Morgan fingerprint density at radius 3 is 1.55 bits per heavy atom. The highest BCUT2D eigenvalue weighted by Crippen LogP contribution is 2.59. The van der Waals surface area contributed by atoms with Crippen molar-refractivity contribution in [2.45, 2.75) is 84.1 Å². The van der Waals surface area contributed by atoms with Crippen LogP contribution < -0.4 is 0 Å². The number of amides is 2. The van der Waals surface area contributed by atoms with Gasteiger partial charge in [0, 0.05) is 0 Å². The first kappa shape index (κ1) is 19.0. The minimum atomic E-state index is -0.473. The first-order valence-electron chi connectivity index (χ1n) is 11.2. The lowest BCUT2D eigenvalue weighted by Crippen LogP contribution is -2.52. The predicted molar refractivity (Wildman–Crippen MR) is 108 cm³/mol. The molecule has 6 heteroatoms. The quantitative estimate of drug-likeness (QED) is 0.632.